The fourth-order valence-electron chi connectivity index (χ4n) is 0.493. The van der Waals surface area contributed by atoms with Crippen molar-refractivity contribution in [2.24, 2.45) is 0 Å². The van der Waals surface area contributed by atoms with E-state index in [0.29, 0.717) is 6.42 Å². The second kappa shape index (κ2) is 4.82. The highest BCUT2D eigenvalue weighted by molar-refractivity contribution is 4.76. The Balaban J connectivity index is 2.93. The highest BCUT2D eigenvalue weighted by Crippen LogP contribution is 1.99. The topological polar surface area (TPSA) is 0 Å². The Morgan fingerprint density at radius 2 is 2.25 bits per heavy atom. The number of hydrogen-bond donors (Lipinski definition) is 0. The van der Waals surface area contributed by atoms with E-state index in [1.807, 2.05) is 19.1 Å². The minimum absolute atomic E-state index is 0.647. The summed E-state index contributed by atoms with van der Waals surface area (Å²) in [5.41, 5.74) is 0. The lowest BCUT2D eigenvalue weighted by Crippen LogP contribution is -1.88. The molecule has 1 unspecified atom stereocenters. The molecule has 0 saturated carbocycles. The first-order valence-corrected chi connectivity index (χ1v) is 3.02. The van der Waals surface area contributed by atoms with Crippen LogP contribution in [-0.2, 0) is 0 Å². The molecule has 0 aliphatic rings. The molecular weight excluding hydrogens is 103 g/mol. The van der Waals surface area contributed by atoms with Crippen LogP contribution in [0.1, 0.15) is 26.7 Å². The van der Waals surface area contributed by atoms with Crippen molar-refractivity contribution in [3.63, 3.8) is 0 Å². The van der Waals surface area contributed by atoms with E-state index < -0.39 is 6.17 Å². The third kappa shape index (κ3) is 5.67. The van der Waals surface area contributed by atoms with Gasteiger partial charge in [0.15, 0.2) is 0 Å². The third-order valence-electron chi connectivity index (χ3n) is 0.967. The summed E-state index contributed by atoms with van der Waals surface area (Å²) in [6.07, 6.45) is 4.81. The molecule has 1 atom stereocenters. The molecule has 1 heteroatoms. The number of hydrogen-bond acceptors (Lipinski definition) is 0. The molecule has 0 heterocycles. The van der Waals surface area contributed by atoms with Crippen LogP contribution in [0.15, 0.2) is 12.2 Å². The highest BCUT2D eigenvalue weighted by atomic mass is 19.1. The van der Waals surface area contributed by atoms with Crippen molar-refractivity contribution < 1.29 is 4.39 Å². The fourth-order valence-corrected chi connectivity index (χ4v) is 0.493. The van der Waals surface area contributed by atoms with Gasteiger partial charge >= 0.3 is 0 Å². The lowest BCUT2D eigenvalue weighted by molar-refractivity contribution is 0.343. The predicted octanol–water partition coefficient (Wildman–Crippen LogP) is 2.70. The molecule has 0 saturated heterocycles. The van der Waals surface area contributed by atoms with Crippen LogP contribution in [0.5, 0.6) is 0 Å². The largest absolute Gasteiger partial charge is 0.248 e. The van der Waals surface area contributed by atoms with Crippen molar-refractivity contribution in [3.05, 3.63) is 12.2 Å². The van der Waals surface area contributed by atoms with E-state index in [4.69, 9.17) is 0 Å². The molecule has 0 rings (SSSR count). The van der Waals surface area contributed by atoms with Crippen molar-refractivity contribution in [2.45, 2.75) is 32.9 Å². The van der Waals surface area contributed by atoms with Crippen LogP contribution >= 0.6 is 0 Å². The first-order valence-electron chi connectivity index (χ1n) is 3.02. The van der Waals surface area contributed by atoms with Crippen LogP contribution in [0, 0.1) is 0 Å². The van der Waals surface area contributed by atoms with E-state index in [1.54, 1.807) is 6.92 Å². The summed E-state index contributed by atoms with van der Waals surface area (Å²) >= 11 is 0. The van der Waals surface area contributed by atoms with Gasteiger partial charge in [-0.2, -0.15) is 0 Å². The zero-order valence-corrected chi connectivity index (χ0v) is 5.52. The van der Waals surface area contributed by atoms with Gasteiger partial charge in [-0.3, -0.25) is 0 Å². The van der Waals surface area contributed by atoms with E-state index in [9.17, 15) is 4.39 Å². The summed E-state index contributed by atoms with van der Waals surface area (Å²) in [6, 6.07) is 0. The Bertz CT molecular complexity index is 64.8. The second-order valence-electron chi connectivity index (χ2n) is 1.93. The smallest absolute Gasteiger partial charge is 0.0976 e. The van der Waals surface area contributed by atoms with E-state index in [0.717, 1.165) is 6.42 Å². The molecule has 0 radical (unpaired) electrons. The average Bonchev–Trinajstić information content (AvgIpc) is 1.66. The van der Waals surface area contributed by atoms with Gasteiger partial charge in [-0.1, -0.05) is 12.2 Å². The quantitative estimate of drug-likeness (QED) is 0.497. The normalized spacial score (nSPS) is 14.9. The van der Waals surface area contributed by atoms with Crippen molar-refractivity contribution in [1.29, 1.82) is 0 Å². The van der Waals surface area contributed by atoms with Gasteiger partial charge in [-0.25, -0.2) is 4.39 Å². The molecule has 0 nitrogen and oxygen atoms in total. The molecule has 0 bridgehead atoms. The SMILES string of the molecule is C/C=C/CCC(C)F. The summed E-state index contributed by atoms with van der Waals surface area (Å²) in [4.78, 5) is 0. The van der Waals surface area contributed by atoms with E-state index in [-0.39, 0.29) is 0 Å². The number of halogens is 1. The van der Waals surface area contributed by atoms with Gasteiger partial charge in [0.1, 0.15) is 0 Å². The Morgan fingerprint density at radius 3 is 2.62 bits per heavy atom. The van der Waals surface area contributed by atoms with Crippen LogP contribution in [0.3, 0.4) is 0 Å². The summed E-state index contributed by atoms with van der Waals surface area (Å²) in [5, 5.41) is 0. The molecule has 0 aromatic heterocycles. The molecular formula is C7H13F. The third-order valence-corrected chi connectivity index (χ3v) is 0.967. The van der Waals surface area contributed by atoms with Crippen molar-refractivity contribution in [3.8, 4) is 0 Å². The van der Waals surface area contributed by atoms with Gasteiger partial charge in [0.05, 0.1) is 6.17 Å². The zero-order valence-electron chi connectivity index (χ0n) is 5.52. The molecule has 0 aromatic carbocycles. The number of alkyl halides is 1. The molecule has 0 amide bonds. The Labute approximate surface area is 50.4 Å². The average molecular weight is 116 g/mol. The molecule has 0 aliphatic carbocycles. The summed E-state index contributed by atoms with van der Waals surface area (Å²) < 4.78 is 12.0. The first kappa shape index (κ1) is 7.67. The monoisotopic (exact) mass is 116 g/mol. The summed E-state index contributed by atoms with van der Waals surface area (Å²) in [6.45, 7) is 3.53. The lowest BCUT2D eigenvalue weighted by Gasteiger charge is -1.93. The summed E-state index contributed by atoms with van der Waals surface area (Å²) in [7, 11) is 0. The predicted molar refractivity (Wildman–Crippen MR) is 34.6 cm³/mol. The van der Waals surface area contributed by atoms with Gasteiger partial charge in [0.25, 0.3) is 0 Å². The molecule has 0 fully saturated rings. The molecule has 0 aromatic rings. The van der Waals surface area contributed by atoms with Gasteiger partial charge in [-0.05, 0) is 26.7 Å². The molecule has 0 N–H and O–H groups in total. The summed E-state index contributed by atoms with van der Waals surface area (Å²) in [5.74, 6) is 0. The van der Waals surface area contributed by atoms with Crippen LogP contribution in [0.25, 0.3) is 0 Å². The van der Waals surface area contributed by atoms with E-state index >= 15 is 0 Å². The highest BCUT2D eigenvalue weighted by Gasteiger charge is 1.92. The Hall–Kier alpha value is -0.330. The van der Waals surface area contributed by atoms with Gasteiger partial charge in [-0.15, -0.1) is 0 Å². The van der Waals surface area contributed by atoms with Crippen LogP contribution in [0.2, 0.25) is 0 Å². The van der Waals surface area contributed by atoms with Crippen LogP contribution in [-0.4, -0.2) is 6.17 Å². The first-order chi connectivity index (χ1) is 3.77. The lowest BCUT2D eigenvalue weighted by atomic mass is 10.2. The molecule has 0 aliphatic heterocycles. The van der Waals surface area contributed by atoms with Crippen molar-refractivity contribution in [2.75, 3.05) is 0 Å². The van der Waals surface area contributed by atoms with E-state index in [2.05, 4.69) is 0 Å². The minimum atomic E-state index is -0.647. The van der Waals surface area contributed by atoms with Crippen molar-refractivity contribution >= 4 is 0 Å². The molecule has 8 heavy (non-hydrogen) atoms. The van der Waals surface area contributed by atoms with Crippen LogP contribution in [0.4, 0.5) is 4.39 Å². The van der Waals surface area contributed by atoms with E-state index in [1.165, 1.54) is 0 Å². The Morgan fingerprint density at radius 1 is 1.62 bits per heavy atom. The minimum Gasteiger partial charge on any atom is -0.248 e. The Kier molecular flexibility index (Phi) is 4.62. The second-order valence-corrected chi connectivity index (χ2v) is 1.93. The number of rotatable bonds is 3. The standard InChI is InChI=1S/C7H13F/c1-3-4-5-6-7(2)8/h3-4,7H,5-6H2,1-2H3/b4-3+. The van der Waals surface area contributed by atoms with Gasteiger partial charge in [0.2, 0.25) is 0 Å². The molecule has 0 spiro atoms. The van der Waals surface area contributed by atoms with Crippen LogP contribution < -0.4 is 0 Å². The fraction of sp³-hybridized carbons (Fsp3) is 0.714. The van der Waals surface area contributed by atoms with Gasteiger partial charge in [0, 0.05) is 0 Å². The zero-order chi connectivity index (χ0) is 6.41. The maximum absolute atomic E-state index is 12.0. The van der Waals surface area contributed by atoms with Gasteiger partial charge < -0.3 is 0 Å². The maximum atomic E-state index is 12.0. The number of allylic oxidation sites excluding steroid dienone is 2. The van der Waals surface area contributed by atoms with Crippen molar-refractivity contribution in [1.82, 2.24) is 0 Å². The molecule has 48 valence electrons. The maximum Gasteiger partial charge on any atom is 0.0976 e.